The molecule has 1 unspecified atom stereocenters. The predicted molar refractivity (Wildman–Crippen MR) is 128 cm³/mol. The number of hydrogen-bond acceptors (Lipinski definition) is 9. The zero-order valence-electron chi connectivity index (χ0n) is 20.2. The molecule has 5 rings (SSSR count). The van der Waals surface area contributed by atoms with E-state index >= 15 is 0 Å². The van der Waals surface area contributed by atoms with Gasteiger partial charge in [0.1, 0.15) is 17.3 Å². The second-order valence-corrected chi connectivity index (χ2v) is 8.62. The number of Topliss-reactive ketones (excluding diaryl/α,β-unsaturated/α-hetero) is 1. The maximum atomic E-state index is 13.4. The van der Waals surface area contributed by atoms with Crippen molar-refractivity contribution >= 4 is 17.4 Å². The molecular weight excluding hydrogens is 468 g/mol. The molecule has 3 aliphatic heterocycles. The molecule has 0 bridgehead atoms. The van der Waals surface area contributed by atoms with Crippen molar-refractivity contribution in [3.8, 4) is 23.0 Å². The largest absolute Gasteiger partial charge is 0.507 e. The summed E-state index contributed by atoms with van der Waals surface area (Å²) in [6.07, 6.45) is 0. The van der Waals surface area contributed by atoms with Gasteiger partial charge in [0.15, 0.2) is 11.5 Å². The van der Waals surface area contributed by atoms with Gasteiger partial charge in [0.2, 0.25) is 6.79 Å². The van der Waals surface area contributed by atoms with E-state index in [4.69, 9.17) is 23.7 Å². The van der Waals surface area contributed by atoms with Gasteiger partial charge in [-0.2, -0.15) is 0 Å². The molecule has 1 amide bonds. The van der Waals surface area contributed by atoms with Gasteiger partial charge in [-0.15, -0.1) is 0 Å². The number of carbonyl (C=O) groups is 2. The van der Waals surface area contributed by atoms with Crippen LogP contribution in [0, 0.1) is 0 Å². The Morgan fingerprint density at radius 1 is 1.00 bits per heavy atom. The van der Waals surface area contributed by atoms with Crippen molar-refractivity contribution in [2.75, 3.05) is 60.4 Å². The summed E-state index contributed by atoms with van der Waals surface area (Å²) in [7, 11) is 3.05. The maximum absolute atomic E-state index is 13.4. The lowest BCUT2D eigenvalue weighted by Gasteiger charge is -2.31. The molecule has 1 N–H and O–H groups in total. The Kier molecular flexibility index (Phi) is 6.71. The van der Waals surface area contributed by atoms with E-state index in [0.29, 0.717) is 53.9 Å². The number of morpholine rings is 1. The van der Waals surface area contributed by atoms with Crippen LogP contribution in [0.15, 0.2) is 42.0 Å². The number of carbonyl (C=O) groups excluding carboxylic acids is 2. The summed E-state index contributed by atoms with van der Waals surface area (Å²) >= 11 is 0. The standard InChI is InChI=1S/C26H28N2O8/c1-32-17-4-6-19(33-2)18(14-17)23-22(24(29)16-3-5-20-21(13-16)36-15-35-20)25(30)26(31)28(23)8-7-27-9-11-34-12-10-27/h3-6,13-14,23,29H,7-12,15H2,1-2H3. The van der Waals surface area contributed by atoms with Crippen molar-refractivity contribution in [1.29, 1.82) is 0 Å². The molecule has 3 aliphatic rings. The SMILES string of the molecule is COc1ccc(OC)c(C2C(=C(O)c3ccc4c(c3)OCO4)C(=O)C(=O)N2CCN2CCOCC2)c1. The first-order valence-corrected chi connectivity index (χ1v) is 11.7. The first-order valence-electron chi connectivity index (χ1n) is 11.7. The molecule has 0 radical (unpaired) electrons. The summed E-state index contributed by atoms with van der Waals surface area (Å²) in [6, 6.07) is 9.19. The lowest BCUT2D eigenvalue weighted by atomic mass is 9.94. The number of rotatable bonds is 7. The van der Waals surface area contributed by atoms with Crippen LogP contribution in [0.2, 0.25) is 0 Å². The molecule has 0 aromatic heterocycles. The van der Waals surface area contributed by atoms with E-state index in [0.717, 1.165) is 13.1 Å². The van der Waals surface area contributed by atoms with Gasteiger partial charge in [0.05, 0.1) is 39.0 Å². The summed E-state index contributed by atoms with van der Waals surface area (Å²) in [5.41, 5.74) is 0.866. The summed E-state index contributed by atoms with van der Waals surface area (Å²) in [5, 5.41) is 11.4. The van der Waals surface area contributed by atoms with E-state index in [2.05, 4.69) is 4.90 Å². The molecule has 0 aliphatic carbocycles. The van der Waals surface area contributed by atoms with E-state index in [1.165, 1.54) is 19.1 Å². The second kappa shape index (κ2) is 10.1. The topological polar surface area (TPSA) is 107 Å². The number of likely N-dealkylation sites (tertiary alicyclic amines) is 1. The van der Waals surface area contributed by atoms with E-state index in [1.807, 2.05) is 0 Å². The highest BCUT2D eigenvalue weighted by Crippen LogP contribution is 2.44. The van der Waals surface area contributed by atoms with Crippen LogP contribution in [0.3, 0.4) is 0 Å². The number of aliphatic hydroxyl groups excluding tert-OH is 1. The molecule has 2 saturated heterocycles. The maximum Gasteiger partial charge on any atom is 0.295 e. The molecule has 10 nitrogen and oxygen atoms in total. The monoisotopic (exact) mass is 496 g/mol. The van der Waals surface area contributed by atoms with Gasteiger partial charge >= 0.3 is 0 Å². The minimum absolute atomic E-state index is 0.0209. The Balaban J connectivity index is 1.60. The third-order valence-corrected chi connectivity index (χ3v) is 6.68. The molecule has 3 heterocycles. The van der Waals surface area contributed by atoms with E-state index < -0.39 is 17.7 Å². The minimum Gasteiger partial charge on any atom is -0.507 e. The predicted octanol–water partition coefficient (Wildman–Crippen LogP) is 2.19. The van der Waals surface area contributed by atoms with E-state index in [-0.39, 0.29) is 24.7 Å². The average molecular weight is 497 g/mol. The van der Waals surface area contributed by atoms with E-state index in [9.17, 15) is 14.7 Å². The van der Waals surface area contributed by atoms with Crippen LogP contribution in [-0.2, 0) is 14.3 Å². The van der Waals surface area contributed by atoms with Crippen LogP contribution in [0.5, 0.6) is 23.0 Å². The zero-order valence-corrected chi connectivity index (χ0v) is 20.2. The van der Waals surface area contributed by atoms with Gasteiger partial charge < -0.3 is 33.7 Å². The number of amides is 1. The number of fused-ring (bicyclic) bond motifs is 1. The van der Waals surface area contributed by atoms with Gasteiger partial charge in [0.25, 0.3) is 11.7 Å². The summed E-state index contributed by atoms with van der Waals surface area (Å²) in [4.78, 5) is 30.4. The number of hydrogen-bond donors (Lipinski definition) is 1. The van der Waals surface area contributed by atoms with Gasteiger partial charge in [0, 0.05) is 37.3 Å². The van der Waals surface area contributed by atoms with Gasteiger partial charge in [-0.3, -0.25) is 14.5 Å². The molecule has 190 valence electrons. The molecule has 2 fully saturated rings. The van der Waals surface area contributed by atoms with Crippen molar-refractivity contribution < 1.29 is 38.4 Å². The minimum atomic E-state index is -0.874. The molecular formula is C26H28N2O8. The molecule has 2 aromatic rings. The molecule has 36 heavy (non-hydrogen) atoms. The Hall–Kier alpha value is -3.76. The zero-order chi connectivity index (χ0) is 25.2. The van der Waals surface area contributed by atoms with E-state index in [1.54, 1.807) is 36.4 Å². The fraction of sp³-hybridized carbons (Fsp3) is 0.385. The smallest absolute Gasteiger partial charge is 0.295 e. The van der Waals surface area contributed by atoms with Crippen LogP contribution in [0.25, 0.3) is 5.76 Å². The first kappa shape index (κ1) is 24.0. The van der Waals surface area contributed by atoms with Gasteiger partial charge in [-0.25, -0.2) is 0 Å². The summed E-state index contributed by atoms with van der Waals surface area (Å²) in [5.74, 6) is 0.265. The van der Waals surface area contributed by atoms with Crippen LogP contribution in [0.1, 0.15) is 17.2 Å². The highest BCUT2D eigenvalue weighted by atomic mass is 16.7. The molecule has 10 heteroatoms. The van der Waals surface area contributed by atoms with Gasteiger partial charge in [-0.1, -0.05) is 0 Å². The number of ether oxygens (including phenoxy) is 5. The van der Waals surface area contributed by atoms with Crippen molar-refractivity contribution in [2.45, 2.75) is 6.04 Å². The van der Waals surface area contributed by atoms with Crippen LogP contribution in [0.4, 0.5) is 0 Å². The lowest BCUT2D eigenvalue weighted by molar-refractivity contribution is -0.140. The Bertz CT molecular complexity index is 1200. The number of ketones is 1. The molecule has 1 atom stereocenters. The average Bonchev–Trinajstić information content (AvgIpc) is 3.49. The molecule has 0 saturated carbocycles. The Morgan fingerprint density at radius 3 is 2.53 bits per heavy atom. The van der Waals surface area contributed by atoms with Gasteiger partial charge in [-0.05, 0) is 36.4 Å². The summed E-state index contributed by atoms with van der Waals surface area (Å²) < 4.78 is 27.2. The first-order chi connectivity index (χ1) is 17.5. The lowest BCUT2D eigenvalue weighted by Crippen LogP contribution is -2.42. The number of methoxy groups -OCH3 is 2. The number of aliphatic hydroxyl groups is 1. The second-order valence-electron chi connectivity index (χ2n) is 8.62. The molecule has 0 spiro atoms. The third kappa shape index (κ3) is 4.33. The highest BCUT2D eigenvalue weighted by Gasteiger charge is 2.47. The number of nitrogens with zero attached hydrogens (tertiary/aromatic N) is 2. The number of benzene rings is 2. The van der Waals surface area contributed by atoms with Crippen LogP contribution >= 0.6 is 0 Å². The van der Waals surface area contributed by atoms with Crippen LogP contribution < -0.4 is 18.9 Å². The van der Waals surface area contributed by atoms with Crippen LogP contribution in [-0.4, -0.2) is 87.0 Å². The quantitative estimate of drug-likeness (QED) is 0.351. The van der Waals surface area contributed by atoms with Crippen molar-refractivity contribution in [1.82, 2.24) is 9.80 Å². The Morgan fingerprint density at radius 2 is 1.78 bits per heavy atom. The normalized spacial score (nSPS) is 21.2. The fourth-order valence-corrected chi connectivity index (χ4v) is 4.76. The van der Waals surface area contributed by atoms with Crippen molar-refractivity contribution in [2.24, 2.45) is 0 Å². The highest BCUT2D eigenvalue weighted by molar-refractivity contribution is 6.46. The van der Waals surface area contributed by atoms with Crippen molar-refractivity contribution in [3.63, 3.8) is 0 Å². The fourth-order valence-electron chi connectivity index (χ4n) is 4.76. The summed E-state index contributed by atoms with van der Waals surface area (Å²) in [6.45, 7) is 3.65. The third-order valence-electron chi connectivity index (χ3n) is 6.68. The van der Waals surface area contributed by atoms with Crippen molar-refractivity contribution in [3.05, 3.63) is 53.1 Å². The molecule has 2 aromatic carbocycles. The Labute approximate surface area is 208 Å².